The minimum Gasteiger partial charge on any atom is -0.465 e. The fourth-order valence-corrected chi connectivity index (χ4v) is 2.45. The fraction of sp³-hybridized carbons (Fsp3) is 0.333. The molecule has 2 N–H and O–H groups in total. The number of nitrogens with zero attached hydrogens (tertiary/aromatic N) is 2. The van der Waals surface area contributed by atoms with Crippen LogP contribution in [0.25, 0.3) is 11.0 Å². The molecule has 19 heavy (non-hydrogen) atoms. The van der Waals surface area contributed by atoms with Crippen LogP contribution in [0.15, 0.2) is 16.9 Å². The molecule has 102 valence electrons. The van der Waals surface area contributed by atoms with E-state index in [0.717, 1.165) is 4.47 Å². The van der Waals surface area contributed by atoms with Crippen LogP contribution in [-0.4, -0.2) is 48.4 Å². The third kappa shape index (κ3) is 2.43. The number of fused-ring (bicyclic) bond motifs is 1. The molecule has 0 aliphatic heterocycles. The zero-order valence-electron chi connectivity index (χ0n) is 10.6. The predicted molar refractivity (Wildman–Crippen MR) is 75.5 cm³/mol. The van der Waals surface area contributed by atoms with Crippen molar-refractivity contribution in [1.29, 1.82) is 0 Å². The largest absolute Gasteiger partial charge is 0.465 e. The maximum Gasteiger partial charge on any atom is 0.342 e. The number of aromatic nitrogens is 2. The molecular formula is C12H14BrN3O3. The Labute approximate surface area is 118 Å². The van der Waals surface area contributed by atoms with Gasteiger partial charge in [0.15, 0.2) is 0 Å². The van der Waals surface area contributed by atoms with Crippen molar-refractivity contribution in [2.45, 2.75) is 0 Å². The Balaban J connectivity index is 2.70. The number of aliphatic hydroxyl groups is 1. The molecule has 0 fully saturated rings. The molecular weight excluding hydrogens is 314 g/mol. The molecule has 0 saturated heterocycles. The normalized spacial score (nSPS) is 10.7. The lowest BCUT2D eigenvalue weighted by atomic mass is 10.1. The lowest BCUT2D eigenvalue weighted by Gasteiger charge is -2.21. The van der Waals surface area contributed by atoms with Crippen LogP contribution in [0.3, 0.4) is 0 Å². The van der Waals surface area contributed by atoms with Gasteiger partial charge in [-0.2, -0.15) is 0 Å². The van der Waals surface area contributed by atoms with Gasteiger partial charge in [0.05, 0.1) is 31.2 Å². The third-order valence-electron chi connectivity index (χ3n) is 2.87. The van der Waals surface area contributed by atoms with Crippen LogP contribution < -0.4 is 4.90 Å². The summed E-state index contributed by atoms with van der Waals surface area (Å²) in [6.07, 6.45) is 1.53. The molecule has 0 aliphatic rings. The maximum absolute atomic E-state index is 12.0. The number of esters is 1. The number of nitrogens with one attached hydrogen (secondary N) is 1. The minimum absolute atomic E-state index is 0.00422. The number of rotatable bonds is 4. The number of ether oxygens (including phenoxy) is 1. The Morgan fingerprint density at radius 1 is 1.63 bits per heavy atom. The summed E-state index contributed by atoms with van der Waals surface area (Å²) in [4.78, 5) is 20.9. The van der Waals surface area contributed by atoms with Gasteiger partial charge in [-0.3, -0.25) is 0 Å². The minimum atomic E-state index is -0.443. The first-order valence-electron chi connectivity index (χ1n) is 5.66. The maximum atomic E-state index is 12.0. The molecule has 2 rings (SSSR count). The van der Waals surface area contributed by atoms with Crippen LogP contribution in [-0.2, 0) is 4.74 Å². The first-order valence-corrected chi connectivity index (χ1v) is 6.45. The second kappa shape index (κ2) is 5.58. The molecule has 0 amide bonds. The van der Waals surface area contributed by atoms with Crippen molar-refractivity contribution in [2.24, 2.45) is 0 Å². The number of carbonyl (C=O) groups excluding carboxylic acids is 1. The van der Waals surface area contributed by atoms with Gasteiger partial charge in [-0.15, -0.1) is 0 Å². The van der Waals surface area contributed by atoms with Crippen LogP contribution >= 0.6 is 15.9 Å². The lowest BCUT2D eigenvalue weighted by Crippen LogP contribution is -2.24. The molecule has 0 saturated carbocycles. The Bertz CT molecular complexity index is 612. The van der Waals surface area contributed by atoms with Crippen LogP contribution in [0.4, 0.5) is 5.69 Å². The zero-order chi connectivity index (χ0) is 14.0. The Hall–Kier alpha value is -1.60. The number of imidazole rings is 1. The van der Waals surface area contributed by atoms with Gasteiger partial charge in [0.1, 0.15) is 11.1 Å². The summed E-state index contributed by atoms with van der Waals surface area (Å²) in [5.74, 6) is -0.443. The molecule has 0 bridgehead atoms. The van der Waals surface area contributed by atoms with Crippen molar-refractivity contribution in [2.75, 3.05) is 32.2 Å². The van der Waals surface area contributed by atoms with Gasteiger partial charge in [-0.05, 0) is 22.0 Å². The summed E-state index contributed by atoms with van der Waals surface area (Å²) in [5, 5.41) is 9.04. The summed E-state index contributed by atoms with van der Waals surface area (Å²) in [6.45, 7) is 0.409. The smallest absolute Gasteiger partial charge is 0.342 e. The van der Waals surface area contributed by atoms with E-state index in [0.29, 0.717) is 28.8 Å². The molecule has 0 aliphatic carbocycles. The molecule has 0 atom stereocenters. The van der Waals surface area contributed by atoms with Crippen LogP contribution in [0.1, 0.15) is 10.4 Å². The van der Waals surface area contributed by atoms with Crippen LogP contribution in [0.5, 0.6) is 0 Å². The number of aromatic amines is 1. The molecule has 1 aromatic heterocycles. The molecule has 0 unspecified atom stereocenters. The lowest BCUT2D eigenvalue weighted by molar-refractivity contribution is 0.0603. The monoisotopic (exact) mass is 327 g/mol. The van der Waals surface area contributed by atoms with Crippen LogP contribution in [0.2, 0.25) is 0 Å². The van der Waals surface area contributed by atoms with E-state index in [2.05, 4.69) is 25.9 Å². The second-order valence-electron chi connectivity index (χ2n) is 4.02. The van der Waals surface area contributed by atoms with Crippen molar-refractivity contribution < 1.29 is 14.6 Å². The van der Waals surface area contributed by atoms with E-state index in [9.17, 15) is 4.79 Å². The summed E-state index contributed by atoms with van der Waals surface area (Å²) >= 11 is 3.43. The van der Waals surface area contributed by atoms with Gasteiger partial charge < -0.3 is 19.7 Å². The van der Waals surface area contributed by atoms with E-state index >= 15 is 0 Å². The number of anilines is 1. The predicted octanol–water partition coefficient (Wildman–Crippen LogP) is 1.54. The number of methoxy groups -OCH3 is 1. The van der Waals surface area contributed by atoms with Gasteiger partial charge >= 0.3 is 5.97 Å². The first kappa shape index (κ1) is 13.8. The highest BCUT2D eigenvalue weighted by Crippen LogP contribution is 2.33. The molecule has 0 radical (unpaired) electrons. The van der Waals surface area contributed by atoms with Crippen molar-refractivity contribution >= 4 is 38.6 Å². The van der Waals surface area contributed by atoms with E-state index in [1.807, 2.05) is 0 Å². The third-order valence-corrected chi connectivity index (χ3v) is 3.48. The molecule has 0 spiro atoms. The molecule has 1 aromatic carbocycles. The summed E-state index contributed by atoms with van der Waals surface area (Å²) in [7, 11) is 3.13. The van der Waals surface area contributed by atoms with Gasteiger partial charge in [0.25, 0.3) is 0 Å². The zero-order valence-corrected chi connectivity index (χ0v) is 12.2. The summed E-state index contributed by atoms with van der Waals surface area (Å²) in [5.41, 5.74) is 2.36. The van der Waals surface area contributed by atoms with Crippen molar-refractivity contribution in [3.63, 3.8) is 0 Å². The van der Waals surface area contributed by atoms with Gasteiger partial charge in [0.2, 0.25) is 0 Å². The van der Waals surface area contributed by atoms with Crippen molar-refractivity contribution in [1.82, 2.24) is 9.97 Å². The number of halogens is 1. The van der Waals surface area contributed by atoms with E-state index in [-0.39, 0.29) is 6.61 Å². The standard InChI is InChI=1S/C12H14BrN3O3/c1-16(3-4-17)8-5-7(13)10-11(15-6-14-10)9(8)12(18)19-2/h5-6,17H,3-4H2,1-2H3,(H,14,15). The number of aliphatic hydroxyl groups excluding tert-OH is 1. The highest BCUT2D eigenvalue weighted by molar-refractivity contribution is 9.10. The van der Waals surface area contributed by atoms with E-state index in [1.165, 1.54) is 13.4 Å². The Kier molecular flexibility index (Phi) is 4.06. The van der Waals surface area contributed by atoms with E-state index in [4.69, 9.17) is 9.84 Å². The number of carbonyl (C=O) groups is 1. The van der Waals surface area contributed by atoms with Crippen molar-refractivity contribution in [3.8, 4) is 0 Å². The van der Waals surface area contributed by atoms with Gasteiger partial charge in [0, 0.05) is 18.1 Å². The summed E-state index contributed by atoms with van der Waals surface area (Å²) < 4.78 is 5.61. The Morgan fingerprint density at radius 2 is 2.37 bits per heavy atom. The van der Waals surface area contributed by atoms with E-state index in [1.54, 1.807) is 18.0 Å². The quantitative estimate of drug-likeness (QED) is 0.833. The number of hydrogen-bond acceptors (Lipinski definition) is 5. The SMILES string of the molecule is COC(=O)c1c(N(C)CCO)cc(Br)c2nc[nH]c12. The Morgan fingerprint density at radius 3 is 3.00 bits per heavy atom. The average molecular weight is 328 g/mol. The number of benzene rings is 1. The first-order chi connectivity index (χ1) is 9.10. The molecule has 2 aromatic rings. The molecule has 1 heterocycles. The van der Waals surface area contributed by atoms with Crippen LogP contribution in [0, 0.1) is 0 Å². The highest BCUT2D eigenvalue weighted by Gasteiger charge is 2.22. The second-order valence-corrected chi connectivity index (χ2v) is 4.87. The van der Waals surface area contributed by atoms with Gasteiger partial charge in [-0.1, -0.05) is 0 Å². The van der Waals surface area contributed by atoms with E-state index < -0.39 is 5.97 Å². The molecule has 6 nitrogen and oxygen atoms in total. The fourth-order valence-electron chi connectivity index (χ4n) is 1.93. The molecule has 7 heteroatoms. The number of likely N-dealkylation sites (N-methyl/N-ethyl adjacent to an activating group) is 1. The highest BCUT2D eigenvalue weighted by atomic mass is 79.9. The van der Waals surface area contributed by atoms with Crippen molar-refractivity contribution in [3.05, 3.63) is 22.4 Å². The summed E-state index contributed by atoms with van der Waals surface area (Å²) in [6, 6.07) is 1.80. The van der Waals surface area contributed by atoms with Gasteiger partial charge in [-0.25, -0.2) is 9.78 Å². The number of hydrogen-bond donors (Lipinski definition) is 2. The number of H-pyrrole nitrogens is 1. The topological polar surface area (TPSA) is 78.4 Å². The average Bonchev–Trinajstić information content (AvgIpc) is 2.87.